The monoisotopic (exact) mass is 271 g/mol. The number of carbonyl (C=O) groups is 1. The first-order valence-electron chi connectivity index (χ1n) is 7.05. The summed E-state index contributed by atoms with van der Waals surface area (Å²) in [6.45, 7) is 2.72. The van der Waals surface area contributed by atoms with Gasteiger partial charge in [0.05, 0.1) is 6.04 Å². The van der Waals surface area contributed by atoms with Gasteiger partial charge in [0.1, 0.15) is 0 Å². The second-order valence-corrected chi connectivity index (χ2v) is 4.98. The molecule has 4 heteroatoms. The third kappa shape index (κ3) is 4.53. The first-order valence-corrected chi connectivity index (χ1v) is 7.05. The van der Waals surface area contributed by atoms with Crippen molar-refractivity contribution in [2.45, 2.75) is 32.2 Å². The van der Waals surface area contributed by atoms with E-state index >= 15 is 0 Å². The lowest BCUT2D eigenvalue weighted by molar-refractivity contribution is -0.121. The molecule has 2 aromatic rings. The summed E-state index contributed by atoms with van der Waals surface area (Å²) in [5.74, 6) is 0.0843. The minimum absolute atomic E-state index is 0.0843. The predicted octanol–water partition coefficient (Wildman–Crippen LogP) is 2.58. The maximum absolute atomic E-state index is 11.8. The number of benzene rings is 1. The smallest absolute Gasteiger partial charge is 0.222 e. The maximum Gasteiger partial charge on any atom is 0.222 e. The van der Waals surface area contributed by atoms with E-state index in [-0.39, 0.29) is 11.9 Å². The van der Waals surface area contributed by atoms with E-state index in [0.717, 1.165) is 19.4 Å². The fraction of sp³-hybridized carbons (Fsp3) is 0.375. The number of aryl methyl sites for hydroxylation is 1. The molecule has 0 aliphatic carbocycles. The van der Waals surface area contributed by atoms with Crippen LogP contribution in [0.15, 0.2) is 48.8 Å². The lowest BCUT2D eigenvalue weighted by Gasteiger charge is -2.12. The quantitative estimate of drug-likeness (QED) is 0.787. The molecule has 1 amide bonds. The number of hydrogen-bond donors (Lipinski definition) is 1. The maximum atomic E-state index is 11.8. The van der Waals surface area contributed by atoms with Gasteiger partial charge in [0.15, 0.2) is 0 Å². The highest BCUT2D eigenvalue weighted by molar-refractivity contribution is 5.76. The number of aromatic nitrogens is 2. The van der Waals surface area contributed by atoms with Crippen molar-refractivity contribution in [2.24, 2.45) is 0 Å². The number of nitrogens with zero attached hydrogens (tertiary/aromatic N) is 2. The standard InChI is InChI=1S/C16H21N3O/c1-14(19-12-6-11-18-19)13-16(20)17-10-5-9-15-7-3-2-4-8-15/h2-4,6-8,11-12,14H,5,9-10,13H2,1H3,(H,17,20)/t14-/m1/s1. The van der Waals surface area contributed by atoms with E-state index in [0.29, 0.717) is 6.42 Å². The van der Waals surface area contributed by atoms with Crippen molar-refractivity contribution in [3.05, 3.63) is 54.4 Å². The van der Waals surface area contributed by atoms with Gasteiger partial charge in [-0.15, -0.1) is 0 Å². The molecular formula is C16H21N3O. The van der Waals surface area contributed by atoms with E-state index in [1.807, 2.05) is 42.1 Å². The SMILES string of the molecule is C[C@H](CC(=O)NCCCc1ccccc1)n1cccn1. The van der Waals surface area contributed by atoms with Crippen molar-refractivity contribution < 1.29 is 4.79 Å². The predicted molar refractivity (Wildman–Crippen MR) is 79.3 cm³/mol. The Bertz CT molecular complexity index is 508. The Morgan fingerprint density at radius 3 is 2.80 bits per heavy atom. The van der Waals surface area contributed by atoms with Crippen LogP contribution in [0.1, 0.15) is 31.4 Å². The average Bonchev–Trinajstić information content (AvgIpc) is 2.99. The van der Waals surface area contributed by atoms with Crippen LogP contribution in [0.3, 0.4) is 0 Å². The summed E-state index contributed by atoms with van der Waals surface area (Å²) in [6, 6.07) is 12.3. The van der Waals surface area contributed by atoms with Crippen LogP contribution in [0.25, 0.3) is 0 Å². The zero-order valence-electron chi connectivity index (χ0n) is 11.8. The van der Waals surface area contributed by atoms with E-state index in [9.17, 15) is 4.79 Å². The molecule has 1 aromatic heterocycles. The Balaban J connectivity index is 1.63. The summed E-state index contributed by atoms with van der Waals surface area (Å²) in [6.07, 6.45) is 6.04. The highest BCUT2D eigenvalue weighted by atomic mass is 16.1. The molecule has 0 unspecified atom stereocenters. The zero-order chi connectivity index (χ0) is 14.2. The van der Waals surface area contributed by atoms with Crippen LogP contribution in [-0.2, 0) is 11.2 Å². The Morgan fingerprint density at radius 2 is 2.10 bits per heavy atom. The second kappa shape index (κ2) is 7.48. The number of nitrogens with one attached hydrogen (secondary N) is 1. The molecule has 1 aromatic carbocycles. The molecule has 0 aliphatic heterocycles. The van der Waals surface area contributed by atoms with Crippen molar-refractivity contribution in [3.8, 4) is 0 Å². The molecule has 0 saturated carbocycles. The van der Waals surface area contributed by atoms with E-state index < -0.39 is 0 Å². The molecule has 20 heavy (non-hydrogen) atoms. The third-order valence-corrected chi connectivity index (χ3v) is 3.26. The van der Waals surface area contributed by atoms with Gasteiger partial charge in [-0.25, -0.2) is 0 Å². The van der Waals surface area contributed by atoms with Gasteiger partial charge >= 0.3 is 0 Å². The Kier molecular flexibility index (Phi) is 5.35. The van der Waals surface area contributed by atoms with E-state index in [2.05, 4.69) is 22.5 Å². The molecule has 0 spiro atoms. The average molecular weight is 271 g/mol. The van der Waals surface area contributed by atoms with Crippen LogP contribution in [0.2, 0.25) is 0 Å². The highest BCUT2D eigenvalue weighted by Crippen LogP contribution is 2.08. The second-order valence-electron chi connectivity index (χ2n) is 4.98. The highest BCUT2D eigenvalue weighted by Gasteiger charge is 2.10. The fourth-order valence-electron chi connectivity index (χ4n) is 2.14. The molecule has 0 bridgehead atoms. The molecule has 0 fully saturated rings. The molecule has 0 aliphatic rings. The lowest BCUT2D eigenvalue weighted by atomic mass is 10.1. The van der Waals surface area contributed by atoms with Crippen LogP contribution < -0.4 is 5.32 Å². The molecule has 4 nitrogen and oxygen atoms in total. The molecule has 2 rings (SSSR count). The molecule has 1 N–H and O–H groups in total. The van der Waals surface area contributed by atoms with Crippen molar-refractivity contribution in [3.63, 3.8) is 0 Å². The lowest BCUT2D eigenvalue weighted by Crippen LogP contribution is -2.27. The Hall–Kier alpha value is -2.10. The topological polar surface area (TPSA) is 46.9 Å². The van der Waals surface area contributed by atoms with Crippen molar-refractivity contribution in [1.82, 2.24) is 15.1 Å². The van der Waals surface area contributed by atoms with Gasteiger partial charge in [-0.1, -0.05) is 30.3 Å². The van der Waals surface area contributed by atoms with Gasteiger partial charge in [0.25, 0.3) is 0 Å². The van der Waals surface area contributed by atoms with Crippen LogP contribution in [0.4, 0.5) is 0 Å². The van der Waals surface area contributed by atoms with Crippen molar-refractivity contribution in [2.75, 3.05) is 6.54 Å². The van der Waals surface area contributed by atoms with E-state index in [4.69, 9.17) is 0 Å². The molecule has 1 heterocycles. The minimum Gasteiger partial charge on any atom is -0.356 e. The van der Waals surface area contributed by atoms with Gasteiger partial charge in [0, 0.05) is 25.4 Å². The summed E-state index contributed by atoms with van der Waals surface area (Å²) in [5, 5.41) is 7.11. The van der Waals surface area contributed by atoms with E-state index in [1.165, 1.54) is 5.56 Å². The summed E-state index contributed by atoms with van der Waals surface area (Å²) in [7, 11) is 0. The Morgan fingerprint density at radius 1 is 1.30 bits per heavy atom. The van der Waals surface area contributed by atoms with Gasteiger partial charge in [-0.05, 0) is 31.4 Å². The van der Waals surface area contributed by atoms with Crippen LogP contribution in [-0.4, -0.2) is 22.2 Å². The van der Waals surface area contributed by atoms with Crippen LogP contribution in [0.5, 0.6) is 0 Å². The normalized spacial score (nSPS) is 12.1. The number of carbonyl (C=O) groups excluding carboxylic acids is 1. The summed E-state index contributed by atoms with van der Waals surface area (Å²) in [5.41, 5.74) is 1.31. The van der Waals surface area contributed by atoms with Gasteiger partial charge in [0.2, 0.25) is 5.91 Å². The Labute approximate surface area is 119 Å². The largest absolute Gasteiger partial charge is 0.356 e. The van der Waals surface area contributed by atoms with Crippen LogP contribution in [0, 0.1) is 0 Å². The number of amides is 1. The first kappa shape index (κ1) is 14.3. The summed E-state index contributed by atoms with van der Waals surface area (Å²) in [4.78, 5) is 11.8. The number of rotatable bonds is 7. The molecule has 0 saturated heterocycles. The summed E-state index contributed by atoms with van der Waals surface area (Å²) < 4.78 is 1.81. The van der Waals surface area contributed by atoms with Gasteiger partial charge in [-0.2, -0.15) is 5.10 Å². The fourth-order valence-corrected chi connectivity index (χ4v) is 2.14. The van der Waals surface area contributed by atoms with Crippen molar-refractivity contribution in [1.29, 1.82) is 0 Å². The van der Waals surface area contributed by atoms with Gasteiger partial charge < -0.3 is 5.32 Å². The summed E-state index contributed by atoms with van der Waals surface area (Å²) >= 11 is 0. The number of hydrogen-bond acceptors (Lipinski definition) is 2. The first-order chi connectivity index (χ1) is 9.75. The molecule has 0 radical (unpaired) electrons. The third-order valence-electron chi connectivity index (χ3n) is 3.26. The zero-order valence-corrected chi connectivity index (χ0v) is 11.8. The van der Waals surface area contributed by atoms with Crippen molar-refractivity contribution >= 4 is 5.91 Å². The van der Waals surface area contributed by atoms with E-state index in [1.54, 1.807) is 6.20 Å². The molecule has 106 valence electrons. The minimum atomic E-state index is 0.0843. The molecular weight excluding hydrogens is 250 g/mol. The molecule has 1 atom stereocenters. The van der Waals surface area contributed by atoms with Crippen LogP contribution >= 0.6 is 0 Å². The van der Waals surface area contributed by atoms with Gasteiger partial charge in [-0.3, -0.25) is 9.48 Å².